The van der Waals surface area contributed by atoms with E-state index >= 15 is 0 Å². The molecule has 0 bridgehead atoms. The third kappa shape index (κ3) is 5.30. The molecule has 1 unspecified atom stereocenters. The predicted molar refractivity (Wildman–Crippen MR) is 118 cm³/mol. The summed E-state index contributed by atoms with van der Waals surface area (Å²) < 4.78 is 14.3. The molecule has 1 aliphatic rings. The first-order valence-corrected chi connectivity index (χ1v) is 12.4. The van der Waals surface area contributed by atoms with Crippen LogP contribution in [0, 0.1) is 5.41 Å². The Bertz CT molecular complexity index is 372. The Morgan fingerprint density at radius 1 is 0.556 bits per heavy atom. The minimum atomic E-state index is -0.362. The fourth-order valence-electron chi connectivity index (χ4n) is 6.18. The number of hydrogen-bond donors (Lipinski definition) is 0. The van der Waals surface area contributed by atoms with Crippen molar-refractivity contribution < 1.29 is 9.47 Å². The van der Waals surface area contributed by atoms with E-state index in [2.05, 4.69) is 48.5 Å². The highest BCUT2D eigenvalue weighted by Crippen LogP contribution is 2.59. The Morgan fingerprint density at radius 2 is 1.00 bits per heavy atom. The van der Waals surface area contributed by atoms with Gasteiger partial charge in [-0.2, -0.15) is 0 Å². The number of rotatable bonds is 14. The number of ether oxygens (including phenoxy) is 2. The first-order chi connectivity index (χ1) is 13.0. The van der Waals surface area contributed by atoms with Crippen LogP contribution in [0.5, 0.6) is 0 Å². The van der Waals surface area contributed by atoms with Gasteiger partial charge in [0.15, 0.2) is 5.79 Å². The number of hydrogen-bond acceptors (Lipinski definition) is 2. The molecular weight excluding hydrogens is 332 g/mol. The van der Waals surface area contributed by atoms with E-state index in [9.17, 15) is 0 Å². The first kappa shape index (κ1) is 25.0. The molecule has 0 saturated carbocycles. The van der Waals surface area contributed by atoms with E-state index < -0.39 is 0 Å². The second-order valence-corrected chi connectivity index (χ2v) is 9.06. The Hall–Kier alpha value is -0.0800. The third-order valence-electron chi connectivity index (χ3n) is 6.77. The lowest BCUT2D eigenvalue weighted by Crippen LogP contribution is -2.67. The van der Waals surface area contributed by atoms with Crippen molar-refractivity contribution >= 4 is 0 Å². The minimum absolute atomic E-state index is 0.0229. The summed E-state index contributed by atoms with van der Waals surface area (Å²) in [7, 11) is 0. The van der Waals surface area contributed by atoms with Gasteiger partial charge < -0.3 is 9.47 Å². The molecule has 1 aliphatic heterocycles. The van der Waals surface area contributed by atoms with Crippen LogP contribution in [0.2, 0.25) is 0 Å². The van der Waals surface area contributed by atoms with E-state index in [0.717, 1.165) is 25.7 Å². The maximum atomic E-state index is 7.30. The molecule has 1 saturated heterocycles. The highest BCUT2D eigenvalue weighted by atomic mass is 16.7. The molecule has 1 heterocycles. The Balaban J connectivity index is 3.58. The monoisotopic (exact) mass is 382 g/mol. The van der Waals surface area contributed by atoms with E-state index in [0.29, 0.717) is 6.10 Å². The van der Waals surface area contributed by atoms with Crippen molar-refractivity contribution in [1.29, 1.82) is 0 Å². The van der Waals surface area contributed by atoms with E-state index in [-0.39, 0.29) is 16.8 Å². The summed E-state index contributed by atoms with van der Waals surface area (Å²) >= 11 is 0. The smallest absolute Gasteiger partial charge is 0.169 e. The topological polar surface area (TPSA) is 18.5 Å². The van der Waals surface area contributed by atoms with Crippen LogP contribution in [0.25, 0.3) is 0 Å². The van der Waals surface area contributed by atoms with Gasteiger partial charge >= 0.3 is 0 Å². The van der Waals surface area contributed by atoms with Crippen molar-refractivity contribution in [1.82, 2.24) is 0 Å². The van der Waals surface area contributed by atoms with Crippen molar-refractivity contribution in [3.63, 3.8) is 0 Å². The van der Waals surface area contributed by atoms with E-state index in [1.54, 1.807) is 0 Å². The van der Waals surface area contributed by atoms with Crippen LogP contribution in [-0.2, 0) is 9.47 Å². The van der Waals surface area contributed by atoms with E-state index in [1.807, 2.05) is 0 Å². The Kier molecular flexibility index (Phi) is 10.9. The second kappa shape index (κ2) is 11.8. The highest BCUT2D eigenvalue weighted by molar-refractivity contribution is 5.08. The molecule has 1 fully saturated rings. The van der Waals surface area contributed by atoms with Crippen LogP contribution < -0.4 is 0 Å². The molecule has 1 rings (SSSR count). The molecular formula is C25H50O2. The average Bonchev–Trinajstić information content (AvgIpc) is 2.61. The maximum absolute atomic E-state index is 7.30. The summed E-state index contributed by atoms with van der Waals surface area (Å²) in [5, 5.41) is 0. The summed E-state index contributed by atoms with van der Waals surface area (Å²) in [6.45, 7) is 16.3. The molecule has 0 aliphatic carbocycles. The zero-order valence-electron chi connectivity index (χ0n) is 19.8. The van der Waals surface area contributed by atoms with Gasteiger partial charge in [0.05, 0.1) is 11.7 Å². The molecule has 0 aromatic heterocycles. The molecule has 0 spiro atoms. The van der Waals surface area contributed by atoms with Gasteiger partial charge in [-0.3, -0.25) is 0 Å². The van der Waals surface area contributed by atoms with Gasteiger partial charge in [-0.15, -0.1) is 0 Å². The SMILES string of the molecule is CCCC1OC(CCC)(CCC)OC(CCC)(CCC)C1(CCC)CCC. The van der Waals surface area contributed by atoms with Crippen LogP contribution in [0.3, 0.4) is 0 Å². The highest BCUT2D eigenvalue weighted by Gasteiger charge is 2.62. The van der Waals surface area contributed by atoms with Gasteiger partial charge in [0, 0.05) is 18.3 Å². The van der Waals surface area contributed by atoms with Crippen molar-refractivity contribution in [2.75, 3.05) is 0 Å². The second-order valence-electron chi connectivity index (χ2n) is 9.06. The molecule has 0 radical (unpaired) electrons. The Morgan fingerprint density at radius 3 is 1.37 bits per heavy atom. The zero-order valence-corrected chi connectivity index (χ0v) is 19.8. The quantitative estimate of drug-likeness (QED) is 0.300. The summed E-state index contributed by atoms with van der Waals surface area (Å²) in [6, 6.07) is 0. The van der Waals surface area contributed by atoms with Crippen LogP contribution in [-0.4, -0.2) is 17.5 Å². The van der Waals surface area contributed by atoms with E-state index in [1.165, 1.54) is 64.2 Å². The van der Waals surface area contributed by atoms with Gasteiger partial charge in [-0.05, 0) is 32.1 Å². The fourth-order valence-corrected chi connectivity index (χ4v) is 6.18. The molecule has 0 amide bonds. The lowest BCUT2D eigenvalue weighted by atomic mass is 9.58. The van der Waals surface area contributed by atoms with Crippen molar-refractivity contribution in [3.8, 4) is 0 Å². The van der Waals surface area contributed by atoms with Crippen LogP contribution in [0.1, 0.15) is 138 Å². The Labute approximate surface area is 171 Å². The lowest BCUT2D eigenvalue weighted by Gasteiger charge is -2.63. The predicted octanol–water partition coefficient (Wildman–Crippen LogP) is 8.42. The largest absolute Gasteiger partial charge is 0.346 e. The standard InChI is InChI=1S/C25H50O2/c1-8-15-22-23(16-9-2,17-10-3)24(18-11-4,19-12-5)27-25(26-22,20-13-6)21-14-7/h22H,8-21H2,1-7H3. The first-order valence-electron chi connectivity index (χ1n) is 12.4. The normalized spacial score (nSPS) is 23.4. The molecule has 2 heteroatoms. The van der Waals surface area contributed by atoms with Crippen LogP contribution in [0.15, 0.2) is 0 Å². The van der Waals surface area contributed by atoms with Crippen LogP contribution in [0.4, 0.5) is 0 Å². The third-order valence-corrected chi connectivity index (χ3v) is 6.77. The molecule has 2 nitrogen and oxygen atoms in total. The summed E-state index contributed by atoms with van der Waals surface area (Å²) in [4.78, 5) is 0. The lowest BCUT2D eigenvalue weighted by molar-refractivity contribution is -0.409. The molecule has 1 atom stereocenters. The summed E-state index contributed by atoms with van der Waals surface area (Å²) in [5.41, 5.74) is 0.147. The van der Waals surface area contributed by atoms with E-state index in [4.69, 9.17) is 9.47 Å². The molecule has 162 valence electrons. The van der Waals surface area contributed by atoms with Gasteiger partial charge in [0.2, 0.25) is 0 Å². The minimum Gasteiger partial charge on any atom is -0.346 e. The molecule has 0 aromatic rings. The summed E-state index contributed by atoms with van der Waals surface area (Å²) in [5.74, 6) is -0.362. The maximum Gasteiger partial charge on any atom is 0.169 e. The summed E-state index contributed by atoms with van der Waals surface area (Å²) in [6.07, 6.45) is 16.7. The van der Waals surface area contributed by atoms with Crippen LogP contribution >= 0.6 is 0 Å². The average molecular weight is 383 g/mol. The van der Waals surface area contributed by atoms with Gasteiger partial charge in [-0.25, -0.2) is 0 Å². The molecule has 0 N–H and O–H groups in total. The molecule has 0 aromatic carbocycles. The zero-order chi connectivity index (χ0) is 20.4. The van der Waals surface area contributed by atoms with Crippen molar-refractivity contribution in [2.45, 2.75) is 156 Å². The van der Waals surface area contributed by atoms with Gasteiger partial charge in [0.1, 0.15) is 0 Å². The van der Waals surface area contributed by atoms with Gasteiger partial charge in [0.25, 0.3) is 0 Å². The van der Waals surface area contributed by atoms with Crippen molar-refractivity contribution in [2.24, 2.45) is 5.41 Å². The fraction of sp³-hybridized carbons (Fsp3) is 1.00. The van der Waals surface area contributed by atoms with Crippen molar-refractivity contribution in [3.05, 3.63) is 0 Å². The van der Waals surface area contributed by atoms with Gasteiger partial charge in [-0.1, -0.05) is 93.4 Å². The molecule has 27 heavy (non-hydrogen) atoms.